The zero-order valence-corrected chi connectivity index (χ0v) is 14.5. The molecule has 2 amide bonds. The van der Waals surface area contributed by atoms with Gasteiger partial charge in [0.25, 0.3) is 0 Å². The molecule has 0 atom stereocenters. The standard InChI is InChI=1S/C16H27N3O2S/c1-3-5-7-9-15(21)19(11-8-6-4-2)13-14(20)18-16-17-10-12-22-16/h10,12H,3-9,11,13H2,1-2H3,(H,17,18,20). The maximum atomic E-state index is 12.3. The van der Waals surface area contributed by atoms with Crippen LogP contribution in [0.25, 0.3) is 0 Å². The molecule has 0 aromatic carbocycles. The number of thiazole rings is 1. The van der Waals surface area contributed by atoms with Gasteiger partial charge >= 0.3 is 0 Å². The Labute approximate surface area is 137 Å². The van der Waals surface area contributed by atoms with Crippen LogP contribution in [0.2, 0.25) is 0 Å². The zero-order chi connectivity index (χ0) is 16.2. The van der Waals surface area contributed by atoms with E-state index in [2.05, 4.69) is 24.1 Å². The van der Waals surface area contributed by atoms with Crippen LogP contribution < -0.4 is 5.32 Å². The molecule has 1 N–H and O–H groups in total. The summed E-state index contributed by atoms with van der Waals surface area (Å²) in [6.07, 6.45) is 8.34. The number of nitrogens with zero attached hydrogens (tertiary/aromatic N) is 2. The number of nitrogens with one attached hydrogen (secondary N) is 1. The van der Waals surface area contributed by atoms with Gasteiger partial charge in [-0.05, 0) is 12.8 Å². The molecule has 0 aliphatic heterocycles. The summed E-state index contributed by atoms with van der Waals surface area (Å²) < 4.78 is 0. The van der Waals surface area contributed by atoms with Gasteiger partial charge in [-0.2, -0.15) is 0 Å². The Kier molecular flexibility index (Phi) is 9.46. The van der Waals surface area contributed by atoms with E-state index in [1.54, 1.807) is 11.1 Å². The van der Waals surface area contributed by atoms with Crippen LogP contribution in [0.1, 0.15) is 58.8 Å². The molecule has 22 heavy (non-hydrogen) atoms. The Morgan fingerprint density at radius 1 is 1.18 bits per heavy atom. The van der Waals surface area contributed by atoms with Crippen LogP contribution in [0.15, 0.2) is 11.6 Å². The average molecular weight is 325 g/mol. The van der Waals surface area contributed by atoms with E-state index in [9.17, 15) is 9.59 Å². The van der Waals surface area contributed by atoms with Gasteiger partial charge < -0.3 is 10.2 Å². The Morgan fingerprint density at radius 3 is 2.55 bits per heavy atom. The van der Waals surface area contributed by atoms with Crippen molar-refractivity contribution in [2.24, 2.45) is 0 Å². The number of hydrogen-bond donors (Lipinski definition) is 1. The van der Waals surface area contributed by atoms with Gasteiger partial charge in [0.2, 0.25) is 11.8 Å². The van der Waals surface area contributed by atoms with Crippen LogP contribution in [0, 0.1) is 0 Å². The minimum atomic E-state index is -0.171. The monoisotopic (exact) mass is 325 g/mol. The van der Waals surface area contributed by atoms with Crippen molar-refractivity contribution in [1.82, 2.24) is 9.88 Å². The molecular weight excluding hydrogens is 298 g/mol. The zero-order valence-electron chi connectivity index (χ0n) is 13.6. The van der Waals surface area contributed by atoms with Gasteiger partial charge in [0.15, 0.2) is 5.13 Å². The van der Waals surface area contributed by atoms with Gasteiger partial charge in [-0.3, -0.25) is 9.59 Å². The molecule has 0 aliphatic rings. The summed E-state index contributed by atoms with van der Waals surface area (Å²) in [6.45, 7) is 5.02. The third-order valence-corrected chi connectivity index (χ3v) is 4.08. The molecule has 124 valence electrons. The summed E-state index contributed by atoms with van der Waals surface area (Å²) in [6, 6.07) is 0. The van der Waals surface area contributed by atoms with Crippen molar-refractivity contribution in [1.29, 1.82) is 0 Å². The quantitative estimate of drug-likeness (QED) is 0.631. The van der Waals surface area contributed by atoms with Crippen molar-refractivity contribution in [3.05, 3.63) is 11.6 Å². The molecule has 1 rings (SSSR count). The van der Waals surface area contributed by atoms with Crippen molar-refractivity contribution in [3.63, 3.8) is 0 Å². The molecule has 6 heteroatoms. The predicted molar refractivity (Wildman–Crippen MR) is 91.0 cm³/mol. The maximum absolute atomic E-state index is 12.3. The van der Waals surface area contributed by atoms with Gasteiger partial charge in [0.05, 0.1) is 6.54 Å². The van der Waals surface area contributed by atoms with Crippen molar-refractivity contribution < 1.29 is 9.59 Å². The molecule has 1 heterocycles. The van der Waals surface area contributed by atoms with E-state index in [1.165, 1.54) is 11.3 Å². The summed E-state index contributed by atoms with van der Waals surface area (Å²) in [7, 11) is 0. The van der Waals surface area contributed by atoms with E-state index >= 15 is 0 Å². The van der Waals surface area contributed by atoms with Crippen LogP contribution in [0.5, 0.6) is 0 Å². The molecular formula is C16H27N3O2S. The van der Waals surface area contributed by atoms with Gasteiger partial charge in [-0.15, -0.1) is 11.3 Å². The predicted octanol–water partition coefficient (Wildman–Crippen LogP) is 3.68. The smallest absolute Gasteiger partial charge is 0.245 e. The number of aromatic nitrogens is 1. The summed E-state index contributed by atoms with van der Waals surface area (Å²) in [5, 5.41) is 5.13. The number of anilines is 1. The average Bonchev–Trinajstić information content (AvgIpc) is 2.99. The molecule has 5 nitrogen and oxygen atoms in total. The second-order valence-electron chi connectivity index (χ2n) is 5.36. The van der Waals surface area contributed by atoms with E-state index in [-0.39, 0.29) is 18.4 Å². The minimum Gasteiger partial charge on any atom is -0.333 e. The molecule has 0 spiro atoms. The van der Waals surface area contributed by atoms with Crippen LogP contribution in [0.3, 0.4) is 0 Å². The van der Waals surface area contributed by atoms with E-state index in [0.29, 0.717) is 18.1 Å². The number of unbranched alkanes of at least 4 members (excludes halogenated alkanes) is 4. The Bertz CT molecular complexity index is 435. The normalized spacial score (nSPS) is 10.5. The maximum Gasteiger partial charge on any atom is 0.245 e. The summed E-state index contributed by atoms with van der Waals surface area (Å²) in [4.78, 5) is 30.0. The Balaban J connectivity index is 2.48. The van der Waals surface area contributed by atoms with Gasteiger partial charge in [0.1, 0.15) is 0 Å². The molecule has 0 radical (unpaired) electrons. The molecule has 0 saturated carbocycles. The van der Waals surface area contributed by atoms with Crippen molar-refractivity contribution >= 4 is 28.3 Å². The van der Waals surface area contributed by atoms with Crippen LogP contribution in [-0.4, -0.2) is 34.8 Å². The number of carbonyl (C=O) groups excluding carboxylic acids is 2. The first kappa shape index (κ1) is 18.6. The molecule has 0 aliphatic carbocycles. The molecule has 1 aromatic heterocycles. The largest absolute Gasteiger partial charge is 0.333 e. The lowest BCUT2D eigenvalue weighted by molar-refractivity contribution is -0.134. The molecule has 0 saturated heterocycles. The van der Waals surface area contributed by atoms with Crippen molar-refractivity contribution in [2.45, 2.75) is 58.8 Å². The second-order valence-corrected chi connectivity index (χ2v) is 6.26. The van der Waals surface area contributed by atoms with Crippen molar-refractivity contribution in [2.75, 3.05) is 18.4 Å². The number of amides is 2. The first-order valence-corrected chi connectivity index (χ1v) is 9.02. The van der Waals surface area contributed by atoms with Crippen LogP contribution in [0.4, 0.5) is 5.13 Å². The lowest BCUT2D eigenvalue weighted by Crippen LogP contribution is -2.38. The molecule has 1 aromatic rings. The van der Waals surface area contributed by atoms with Crippen LogP contribution in [-0.2, 0) is 9.59 Å². The topological polar surface area (TPSA) is 62.3 Å². The molecule has 0 unspecified atom stereocenters. The number of hydrogen-bond acceptors (Lipinski definition) is 4. The fraction of sp³-hybridized carbons (Fsp3) is 0.688. The van der Waals surface area contributed by atoms with Gasteiger partial charge in [-0.25, -0.2) is 4.98 Å². The third-order valence-electron chi connectivity index (χ3n) is 3.39. The van der Waals surface area contributed by atoms with Crippen molar-refractivity contribution in [3.8, 4) is 0 Å². The highest BCUT2D eigenvalue weighted by Crippen LogP contribution is 2.11. The SMILES string of the molecule is CCCCCC(=O)N(CCCCC)CC(=O)Nc1nccs1. The highest BCUT2D eigenvalue weighted by atomic mass is 32.1. The van der Waals surface area contributed by atoms with E-state index in [4.69, 9.17) is 0 Å². The first-order chi connectivity index (χ1) is 10.7. The fourth-order valence-electron chi connectivity index (χ4n) is 2.15. The highest BCUT2D eigenvalue weighted by Gasteiger charge is 2.17. The third kappa shape index (κ3) is 7.54. The number of rotatable bonds is 11. The second kappa shape index (κ2) is 11.2. The number of carbonyl (C=O) groups is 2. The van der Waals surface area contributed by atoms with E-state index in [1.807, 2.05) is 5.38 Å². The fourth-order valence-corrected chi connectivity index (χ4v) is 2.69. The summed E-state index contributed by atoms with van der Waals surface area (Å²) >= 11 is 1.38. The Hall–Kier alpha value is -1.43. The Morgan fingerprint density at radius 2 is 1.91 bits per heavy atom. The van der Waals surface area contributed by atoms with Crippen LogP contribution >= 0.6 is 11.3 Å². The first-order valence-electron chi connectivity index (χ1n) is 8.14. The summed E-state index contributed by atoms with van der Waals surface area (Å²) in [5.41, 5.74) is 0. The lowest BCUT2D eigenvalue weighted by atomic mass is 10.1. The van der Waals surface area contributed by atoms with Gasteiger partial charge in [0, 0.05) is 24.5 Å². The van der Waals surface area contributed by atoms with E-state index < -0.39 is 0 Å². The lowest BCUT2D eigenvalue weighted by Gasteiger charge is -2.22. The summed E-state index contributed by atoms with van der Waals surface area (Å²) in [5.74, 6) is -0.0888. The minimum absolute atomic E-state index is 0.0823. The molecule has 0 fully saturated rings. The highest BCUT2D eigenvalue weighted by molar-refractivity contribution is 7.13. The van der Waals surface area contributed by atoms with Gasteiger partial charge in [-0.1, -0.05) is 39.5 Å². The molecule has 0 bridgehead atoms. The van der Waals surface area contributed by atoms with E-state index in [0.717, 1.165) is 38.5 Å².